The van der Waals surface area contributed by atoms with Gasteiger partial charge in [0.15, 0.2) is 11.5 Å². The second kappa shape index (κ2) is 6.43. The average Bonchev–Trinajstić information content (AvgIpc) is 2.38. The van der Waals surface area contributed by atoms with E-state index in [9.17, 15) is 0 Å². The predicted molar refractivity (Wildman–Crippen MR) is 78.9 cm³/mol. The van der Waals surface area contributed by atoms with E-state index in [2.05, 4.69) is 47.8 Å². The quantitative estimate of drug-likeness (QED) is 0.752. The third-order valence-corrected chi connectivity index (χ3v) is 4.60. The lowest BCUT2D eigenvalue weighted by molar-refractivity contribution is 0.173. The minimum atomic E-state index is 0.118. The Morgan fingerprint density at radius 2 is 1.78 bits per heavy atom. The number of alkyl halides is 1. The Morgan fingerprint density at radius 1 is 1.17 bits per heavy atom. The highest BCUT2D eigenvalue weighted by Crippen LogP contribution is 2.28. The van der Waals surface area contributed by atoms with Crippen LogP contribution in [0.15, 0.2) is 18.2 Å². The van der Waals surface area contributed by atoms with Crippen LogP contribution in [0.3, 0.4) is 0 Å². The summed E-state index contributed by atoms with van der Waals surface area (Å²) in [4.78, 5) is 2.31. The minimum absolute atomic E-state index is 0.118. The van der Waals surface area contributed by atoms with Crippen LogP contribution in [0.4, 0.5) is 0 Å². The van der Waals surface area contributed by atoms with Gasteiger partial charge in [0.25, 0.3) is 0 Å². The molecule has 0 aromatic heterocycles. The number of hydrogen-bond acceptors (Lipinski definition) is 3. The van der Waals surface area contributed by atoms with E-state index in [1.165, 1.54) is 5.56 Å². The van der Waals surface area contributed by atoms with E-state index >= 15 is 0 Å². The molecule has 0 amide bonds. The zero-order chi connectivity index (χ0) is 13.8. The molecule has 1 aromatic carbocycles. The highest BCUT2D eigenvalue weighted by atomic mass is 79.9. The van der Waals surface area contributed by atoms with Gasteiger partial charge in [-0.2, -0.15) is 0 Å². The van der Waals surface area contributed by atoms with Gasteiger partial charge in [0, 0.05) is 17.4 Å². The topological polar surface area (TPSA) is 21.7 Å². The van der Waals surface area contributed by atoms with E-state index in [-0.39, 0.29) is 5.54 Å². The molecule has 0 fully saturated rings. The SMILES string of the molecule is COc1ccc(CN(C)C(C)(C)CBr)cc1OC. The molecule has 0 heterocycles. The highest BCUT2D eigenvalue weighted by Gasteiger charge is 2.22. The summed E-state index contributed by atoms with van der Waals surface area (Å²) < 4.78 is 10.6. The van der Waals surface area contributed by atoms with Crippen LogP contribution >= 0.6 is 15.9 Å². The van der Waals surface area contributed by atoms with Crippen LogP contribution in [-0.2, 0) is 6.54 Å². The molecule has 0 aliphatic heterocycles. The first-order valence-corrected chi connectivity index (χ1v) is 7.05. The van der Waals surface area contributed by atoms with Crippen LogP contribution in [0.1, 0.15) is 19.4 Å². The molecule has 4 heteroatoms. The number of hydrogen-bond donors (Lipinski definition) is 0. The van der Waals surface area contributed by atoms with E-state index in [4.69, 9.17) is 9.47 Å². The van der Waals surface area contributed by atoms with Gasteiger partial charge in [-0.25, -0.2) is 0 Å². The van der Waals surface area contributed by atoms with Gasteiger partial charge in [-0.05, 0) is 38.6 Å². The van der Waals surface area contributed by atoms with Crippen LogP contribution in [0, 0.1) is 0 Å². The molecule has 1 rings (SSSR count). The monoisotopic (exact) mass is 315 g/mol. The normalized spacial score (nSPS) is 11.7. The molecule has 1 aromatic rings. The van der Waals surface area contributed by atoms with Crippen LogP contribution in [-0.4, -0.2) is 37.0 Å². The van der Waals surface area contributed by atoms with Gasteiger partial charge >= 0.3 is 0 Å². The van der Waals surface area contributed by atoms with Crippen molar-refractivity contribution in [3.8, 4) is 11.5 Å². The Kier molecular flexibility index (Phi) is 5.47. The van der Waals surface area contributed by atoms with Gasteiger partial charge < -0.3 is 9.47 Å². The first kappa shape index (κ1) is 15.3. The molecule has 0 saturated heterocycles. The van der Waals surface area contributed by atoms with Crippen molar-refractivity contribution in [2.75, 3.05) is 26.6 Å². The molecule has 102 valence electrons. The highest BCUT2D eigenvalue weighted by molar-refractivity contribution is 9.09. The Hall–Kier alpha value is -0.740. The molecular formula is C14H22BrNO2. The largest absolute Gasteiger partial charge is 0.493 e. The van der Waals surface area contributed by atoms with E-state index < -0.39 is 0 Å². The molecular weight excluding hydrogens is 294 g/mol. The van der Waals surface area contributed by atoms with Gasteiger partial charge in [0.05, 0.1) is 14.2 Å². The summed E-state index contributed by atoms with van der Waals surface area (Å²) in [6, 6.07) is 6.05. The smallest absolute Gasteiger partial charge is 0.161 e. The third kappa shape index (κ3) is 3.62. The van der Waals surface area contributed by atoms with Crippen molar-refractivity contribution in [3.63, 3.8) is 0 Å². The summed E-state index contributed by atoms with van der Waals surface area (Å²) in [6.45, 7) is 5.30. The number of ether oxygens (including phenoxy) is 2. The molecule has 18 heavy (non-hydrogen) atoms. The summed E-state index contributed by atoms with van der Waals surface area (Å²) in [5.74, 6) is 1.55. The van der Waals surface area contributed by atoms with Crippen molar-refractivity contribution < 1.29 is 9.47 Å². The van der Waals surface area contributed by atoms with Crippen molar-refractivity contribution in [1.82, 2.24) is 4.90 Å². The molecule has 0 aliphatic rings. The van der Waals surface area contributed by atoms with Gasteiger partial charge in [-0.1, -0.05) is 22.0 Å². The molecule has 0 bridgehead atoms. The molecule has 0 aliphatic carbocycles. The van der Waals surface area contributed by atoms with E-state index in [0.717, 1.165) is 23.4 Å². The standard InChI is InChI=1S/C14H22BrNO2/c1-14(2,10-15)16(3)9-11-6-7-12(17-4)13(8-11)18-5/h6-8H,9-10H2,1-5H3. The zero-order valence-electron chi connectivity index (χ0n) is 11.8. The molecule has 3 nitrogen and oxygen atoms in total. The van der Waals surface area contributed by atoms with Gasteiger partial charge in [-0.15, -0.1) is 0 Å². The summed E-state index contributed by atoms with van der Waals surface area (Å²) >= 11 is 3.55. The van der Waals surface area contributed by atoms with Crippen molar-refractivity contribution in [1.29, 1.82) is 0 Å². The number of nitrogens with zero attached hydrogens (tertiary/aromatic N) is 1. The van der Waals surface area contributed by atoms with Crippen LogP contribution in [0.5, 0.6) is 11.5 Å². The fourth-order valence-corrected chi connectivity index (χ4v) is 2.00. The number of benzene rings is 1. The first-order valence-electron chi connectivity index (χ1n) is 5.92. The zero-order valence-corrected chi connectivity index (χ0v) is 13.4. The van der Waals surface area contributed by atoms with Crippen LogP contribution in [0.2, 0.25) is 0 Å². The molecule has 0 unspecified atom stereocenters. The minimum Gasteiger partial charge on any atom is -0.493 e. The second-order valence-electron chi connectivity index (χ2n) is 4.99. The maximum atomic E-state index is 5.32. The Balaban J connectivity index is 2.86. The Morgan fingerprint density at radius 3 is 2.28 bits per heavy atom. The van der Waals surface area contributed by atoms with Crippen LogP contribution in [0.25, 0.3) is 0 Å². The van der Waals surface area contributed by atoms with Crippen molar-refractivity contribution in [2.24, 2.45) is 0 Å². The fraction of sp³-hybridized carbons (Fsp3) is 0.571. The number of halogens is 1. The molecule has 0 radical (unpaired) electrons. The molecule has 0 N–H and O–H groups in total. The summed E-state index contributed by atoms with van der Waals surface area (Å²) in [6.07, 6.45) is 0. The lowest BCUT2D eigenvalue weighted by Crippen LogP contribution is -2.41. The molecule has 0 spiro atoms. The van der Waals surface area contributed by atoms with E-state index in [0.29, 0.717) is 0 Å². The summed E-state index contributed by atoms with van der Waals surface area (Å²) in [5.41, 5.74) is 1.33. The predicted octanol–water partition coefficient (Wildman–Crippen LogP) is 3.31. The second-order valence-corrected chi connectivity index (χ2v) is 5.55. The van der Waals surface area contributed by atoms with Gasteiger partial charge in [0.1, 0.15) is 0 Å². The van der Waals surface area contributed by atoms with Crippen molar-refractivity contribution >= 4 is 15.9 Å². The number of methoxy groups -OCH3 is 2. The van der Waals surface area contributed by atoms with Crippen LogP contribution < -0.4 is 9.47 Å². The average molecular weight is 316 g/mol. The summed E-state index contributed by atoms with van der Waals surface area (Å²) in [5, 5.41) is 0.934. The third-order valence-electron chi connectivity index (χ3n) is 3.23. The Labute approximate surface area is 118 Å². The first-order chi connectivity index (χ1) is 8.44. The molecule has 0 saturated carbocycles. The van der Waals surface area contributed by atoms with Gasteiger partial charge in [-0.3, -0.25) is 4.90 Å². The lowest BCUT2D eigenvalue weighted by Gasteiger charge is -2.34. The van der Waals surface area contributed by atoms with E-state index in [1.807, 2.05) is 12.1 Å². The summed E-state index contributed by atoms with van der Waals surface area (Å²) in [7, 11) is 5.43. The van der Waals surface area contributed by atoms with E-state index in [1.54, 1.807) is 14.2 Å². The van der Waals surface area contributed by atoms with Crippen molar-refractivity contribution in [3.05, 3.63) is 23.8 Å². The maximum Gasteiger partial charge on any atom is 0.161 e. The molecule has 0 atom stereocenters. The lowest BCUT2D eigenvalue weighted by atomic mass is 10.1. The Bertz CT molecular complexity index is 393. The van der Waals surface area contributed by atoms with Gasteiger partial charge in [0.2, 0.25) is 0 Å². The maximum absolute atomic E-state index is 5.32. The van der Waals surface area contributed by atoms with Crippen molar-refractivity contribution in [2.45, 2.75) is 25.9 Å². The number of rotatable bonds is 6. The fourth-order valence-electron chi connectivity index (χ4n) is 1.57.